The Morgan fingerprint density at radius 1 is 0.267 bits per heavy atom. The van der Waals surface area contributed by atoms with Gasteiger partial charge in [0, 0.05) is 38.6 Å². The molecule has 0 radical (unpaired) electrons. The molecule has 12 rings (SSSR count). The summed E-state index contributed by atoms with van der Waals surface area (Å²) in [7, 11) is 0. The van der Waals surface area contributed by atoms with Gasteiger partial charge in [0.15, 0.2) is 17.5 Å². The fourth-order valence-corrected chi connectivity index (χ4v) is 10.4. The van der Waals surface area contributed by atoms with Gasteiger partial charge in [-0.15, -0.1) is 0 Å². The second kappa shape index (κ2) is 19.1. The molecule has 362 valence electrons. The average Bonchev–Trinajstić information content (AvgIpc) is 3.79. The van der Waals surface area contributed by atoms with Gasteiger partial charge in [-0.25, -0.2) is 15.0 Å². The lowest BCUT2D eigenvalue weighted by Crippen LogP contribution is -2.11. The summed E-state index contributed by atoms with van der Waals surface area (Å²) < 4.78 is 2.51. The van der Waals surface area contributed by atoms with E-state index in [-0.39, 0.29) is 10.8 Å². The summed E-state index contributed by atoms with van der Waals surface area (Å²) in [5.41, 5.74) is 19.9. The first kappa shape index (κ1) is 47.0. The van der Waals surface area contributed by atoms with E-state index in [4.69, 9.17) is 15.0 Å². The van der Waals surface area contributed by atoms with Crippen LogP contribution in [-0.4, -0.2) is 19.5 Å². The maximum atomic E-state index is 5.40. The highest BCUT2D eigenvalue weighted by atomic mass is 15.0. The van der Waals surface area contributed by atoms with E-state index in [0.717, 1.165) is 66.8 Å². The Kier molecular flexibility index (Phi) is 12.0. The van der Waals surface area contributed by atoms with Crippen molar-refractivity contribution in [2.24, 2.45) is 0 Å². The molecule has 2 aromatic heterocycles. The molecule has 12 aromatic rings. The molecular weight excluding hydrogens is 909 g/mol. The lowest BCUT2D eigenvalue weighted by molar-refractivity contribution is 0.590. The molecule has 0 aliphatic rings. The van der Waals surface area contributed by atoms with Gasteiger partial charge in [0.05, 0.1) is 16.7 Å². The molecule has 75 heavy (non-hydrogen) atoms. The van der Waals surface area contributed by atoms with Crippen LogP contribution in [0.4, 0.5) is 0 Å². The zero-order chi connectivity index (χ0) is 51.3. The maximum Gasteiger partial charge on any atom is 0.164 e. The van der Waals surface area contributed by atoms with Gasteiger partial charge in [-0.2, -0.15) is 0 Å². The summed E-state index contributed by atoms with van der Waals surface area (Å²) >= 11 is 0. The molecule has 0 N–H and O–H groups in total. The minimum Gasteiger partial charge on any atom is -0.308 e. The molecule has 0 amide bonds. The van der Waals surface area contributed by atoms with E-state index >= 15 is 0 Å². The first-order valence-corrected chi connectivity index (χ1v) is 26.0. The monoisotopic (exact) mass is 966 g/mol. The van der Waals surface area contributed by atoms with Gasteiger partial charge < -0.3 is 4.57 Å². The van der Waals surface area contributed by atoms with E-state index in [1.54, 1.807) is 0 Å². The number of nitrogens with zero attached hydrogens (tertiary/aromatic N) is 4. The van der Waals surface area contributed by atoms with E-state index in [1.807, 2.05) is 24.3 Å². The van der Waals surface area contributed by atoms with Crippen LogP contribution in [0.1, 0.15) is 52.7 Å². The number of benzene rings is 10. The van der Waals surface area contributed by atoms with Crippen LogP contribution in [-0.2, 0) is 10.8 Å². The number of hydrogen-bond acceptors (Lipinski definition) is 3. The lowest BCUT2D eigenvalue weighted by Gasteiger charge is -2.23. The summed E-state index contributed by atoms with van der Waals surface area (Å²) in [5, 5.41) is 2.37. The van der Waals surface area contributed by atoms with Crippen molar-refractivity contribution in [1.82, 2.24) is 19.5 Å². The third-order valence-corrected chi connectivity index (χ3v) is 14.6. The summed E-state index contributed by atoms with van der Waals surface area (Å²) in [4.78, 5) is 16.0. The predicted octanol–water partition coefficient (Wildman–Crippen LogP) is 18.9. The molecule has 4 nitrogen and oxygen atoms in total. The third kappa shape index (κ3) is 9.25. The second-order valence-electron chi connectivity index (χ2n) is 21.7. The number of fused-ring (bicyclic) bond motifs is 3. The van der Waals surface area contributed by atoms with Crippen molar-refractivity contribution in [1.29, 1.82) is 0 Å². The minimum absolute atomic E-state index is 0.0304. The Morgan fingerprint density at radius 2 is 0.560 bits per heavy atom. The van der Waals surface area contributed by atoms with Gasteiger partial charge in [0.1, 0.15) is 0 Å². The van der Waals surface area contributed by atoms with Crippen LogP contribution in [0.25, 0.3) is 117 Å². The van der Waals surface area contributed by atoms with Crippen molar-refractivity contribution in [3.05, 3.63) is 254 Å². The Bertz CT molecular complexity index is 3820. The Labute approximate surface area is 440 Å². The average molecular weight is 967 g/mol. The van der Waals surface area contributed by atoms with Crippen molar-refractivity contribution < 1.29 is 0 Å². The molecule has 4 heteroatoms. The topological polar surface area (TPSA) is 43.6 Å². The Hall–Kier alpha value is -8.99. The van der Waals surface area contributed by atoms with Crippen LogP contribution >= 0.6 is 0 Å². The van der Waals surface area contributed by atoms with Gasteiger partial charge in [0.25, 0.3) is 0 Å². The van der Waals surface area contributed by atoms with Gasteiger partial charge in [-0.1, -0.05) is 248 Å². The highest BCUT2D eigenvalue weighted by molar-refractivity contribution is 6.13. The van der Waals surface area contributed by atoms with Gasteiger partial charge in [0.2, 0.25) is 0 Å². The standard InChI is InChI=1S/C71H58N4/c1-70(2,3)58-37-31-51(32-38-58)60-45-57(69-73-67(53-25-17-10-18-26-53)72-68(74-69)54-29-27-50(28-30-54)47-19-11-7-12-20-47)46-61(52-33-39-59(40-34-52)71(4,5)6)66(60)75-64-41-35-55(48-21-13-8-14-22-48)43-62(64)63-44-56(36-42-65(63)75)49-23-15-9-16-24-49/h7-46H,1-6H3. The van der Waals surface area contributed by atoms with E-state index in [0.29, 0.717) is 17.5 Å². The molecule has 10 aromatic carbocycles. The van der Waals surface area contributed by atoms with Crippen molar-refractivity contribution >= 4 is 21.8 Å². The maximum absolute atomic E-state index is 5.40. The summed E-state index contributed by atoms with van der Waals surface area (Å²) in [6.07, 6.45) is 0. The highest BCUT2D eigenvalue weighted by Crippen LogP contribution is 2.46. The van der Waals surface area contributed by atoms with Crippen LogP contribution in [0.5, 0.6) is 0 Å². The molecular formula is C71H58N4. The van der Waals surface area contributed by atoms with E-state index < -0.39 is 0 Å². The van der Waals surface area contributed by atoms with Gasteiger partial charge in [-0.05, 0) is 103 Å². The zero-order valence-electron chi connectivity index (χ0n) is 43.4. The molecule has 0 saturated carbocycles. The fraction of sp³-hybridized carbons (Fsp3) is 0.113. The summed E-state index contributed by atoms with van der Waals surface area (Å²) in [6, 6.07) is 87.7. The van der Waals surface area contributed by atoms with E-state index in [1.165, 1.54) is 44.2 Å². The van der Waals surface area contributed by atoms with Crippen molar-refractivity contribution in [2.45, 2.75) is 52.4 Å². The number of hydrogen-bond donors (Lipinski definition) is 0. The van der Waals surface area contributed by atoms with Crippen LogP contribution in [0, 0.1) is 0 Å². The van der Waals surface area contributed by atoms with Gasteiger partial charge >= 0.3 is 0 Å². The molecule has 2 heterocycles. The Morgan fingerprint density at radius 3 is 0.947 bits per heavy atom. The zero-order valence-corrected chi connectivity index (χ0v) is 43.4. The largest absolute Gasteiger partial charge is 0.308 e. The van der Waals surface area contributed by atoms with Crippen LogP contribution < -0.4 is 0 Å². The molecule has 0 bridgehead atoms. The van der Waals surface area contributed by atoms with Crippen LogP contribution in [0.3, 0.4) is 0 Å². The van der Waals surface area contributed by atoms with Crippen molar-refractivity contribution in [3.63, 3.8) is 0 Å². The third-order valence-electron chi connectivity index (χ3n) is 14.6. The first-order chi connectivity index (χ1) is 36.4. The van der Waals surface area contributed by atoms with Crippen molar-refractivity contribution in [3.8, 4) is 95.5 Å². The molecule has 0 spiro atoms. The number of rotatable bonds is 9. The molecule has 0 aliphatic heterocycles. The molecule has 0 fully saturated rings. The van der Waals surface area contributed by atoms with Crippen LogP contribution in [0.2, 0.25) is 0 Å². The highest BCUT2D eigenvalue weighted by Gasteiger charge is 2.25. The first-order valence-electron chi connectivity index (χ1n) is 26.0. The smallest absolute Gasteiger partial charge is 0.164 e. The summed E-state index contributed by atoms with van der Waals surface area (Å²) in [6.45, 7) is 13.6. The second-order valence-corrected chi connectivity index (χ2v) is 21.7. The van der Waals surface area contributed by atoms with E-state index in [2.05, 4.69) is 264 Å². The van der Waals surface area contributed by atoms with Gasteiger partial charge in [-0.3, -0.25) is 0 Å². The fourth-order valence-electron chi connectivity index (χ4n) is 10.4. The SMILES string of the molecule is CC(C)(C)c1ccc(-c2cc(-c3nc(-c4ccccc4)nc(-c4ccc(-c5ccccc5)cc4)n3)cc(-c3ccc(C(C)(C)C)cc3)c2-n2c3ccc(-c4ccccc4)cc3c3cc(-c4ccccc4)ccc32)cc1. The van der Waals surface area contributed by atoms with E-state index in [9.17, 15) is 0 Å². The molecule has 0 atom stereocenters. The minimum atomic E-state index is -0.0304. The predicted molar refractivity (Wildman–Crippen MR) is 315 cm³/mol. The molecule has 0 saturated heterocycles. The quantitative estimate of drug-likeness (QED) is 0.145. The number of aromatic nitrogens is 4. The molecule has 0 aliphatic carbocycles. The normalized spacial score (nSPS) is 11.9. The molecule has 0 unspecified atom stereocenters. The lowest BCUT2D eigenvalue weighted by atomic mass is 9.84. The Balaban J connectivity index is 1.17. The van der Waals surface area contributed by atoms with Crippen molar-refractivity contribution in [2.75, 3.05) is 0 Å². The summed E-state index contributed by atoms with van der Waals surface area (Å²) in [5.74, 6) is 1.82. The van der Waals surface area contributed by atoms with Crippen LogP contribution in [0.15, 0.2) is 243 Å².